The second-order valence-electron chi connectivity index (χ2n) is 5.88. The predicted molar refractivity (Wildman–Crippen MR) is 100 cm³/mol. The molecule has 0 saturated carbocycles. The number of nitrogens with zero attached hydrogens (tertiary/aromatic N) is 2. The summed E-state index contributed by atoms with van der Waals surface area (Å²) in [7, 11) is 4.05. The molecule has 0 radical (unpaired) electrons. The molecule has 1 atom stereocenters. The standard InChI is InChI=1S/C18H18ClFN2.ClH.H2O/c1-22(2)11-14-9-12-7-8-13(19)10-16(12)18(21-14)15-5-3-4-6-17(15)20;;/h3-8,10,14H,9,11H2,1-2H3;1H;1H2. The van der Waals surface area contributed by atoms with Gasteiger partial charge in [0.05, 0.1) is 11.8 Å². The number of hydrogen-bond acceptors (Lipinski definition) is 2. The van der Waals surface area contributed by atoms with Crippen molar-refractivity contribution in [3.63, 3.8) is 0 Å². The van der Waals surface area contributed by atoms with Gasteiger partial charge in [-0.05, 0) is 50.3 Å². The van der Waals surface area contributed by atoms with E-state index >= 15 is 0 Å². The first-order valence-corrected chi connectivity index (χ1v) is 7.68. The minimum absolute atomic E-state index is 0. The average Bonchev–Trinajstić information content (AvgIpc) is 2.47. The second-order valence-corrected chi connectivity index (χ2v) is 6.32. The van der Waals surface area contributed by atoms with Crippen LogP contribution < -0.4 is 0 Å². The van der Waals surface area contributed by atoms with E-state index in [2.05, 4.69) is 4.90 Å². The van der Waals surface area contributed by atoms with Crippen LogP contribution in [0.25, 0.3) is 0 Å². The lowest BCUT2D eigenvalue weighted by Gasteiger charge is -2.26. The largest absolute Gasteiger partial charge is 0.412 e. The molecule has 0 aliphatic carbocycles. The van der Waals surface area contributed by atoms with Crippen molar-refractivity contribution < 1.29 is 9.87 Å². The van der Waals surface area contributed by atoms with Crippen molar-refractivity contribution in [2.75, 3.05) is 20.6 Å². The van der Waals surface area contributed by atoms with E-state index in [-0.39, 0.29) is 29.7 Å². The van der Waals surface area contributed by atoms with Gasteiger partial charge in [-0.25, -0.2) is 4.39 Å². The highest BCUT2D eigenvalue weighted by Crippen LogP contribution is 2.27. The van der Waals surface area contributed by atoms with E-state index in [4.69, 9.17) is 16.6 Å². The molecular formula is C18H21Cl2FN2O. The Morgan fingerprint density at radius 2 is 1.88 bits per heavy atom. The quantitative estimate of drug-likeness (QED) is 0.816. The Labute approximate surface area is 152 Å². The molecule has 0 bridgehead atoms. The molecule has 2 aromatic carbocycles. The molecule has 2 aromatic rings. The van der Waals surface area contributed by atoms with Crippen molar-refractivity contribution in [3.05, 3.63) is 70.0 Å². The average molecular weight is 371 g/mol. The van der Waals surface area contributed by atoms with Crippen molar-refractivity contribution >= 4 is 29.7 Å². The Hall–Kier alpha value is -1.46. The minimum atomic E-state index is -0.252. The van der Waals surface area contributed by atoms with Gasteiger partial charge in [-0.1, -0.05) is 29.8 Å². The fraction of sp³-hybridized carbons (Fsp3) is 0.278. The predicted octanol–water partition coefficient (Wildman–Crippen LogP) is 3.40. The number of likely N-dealkylation sites (N-methyl/N-ethyl adjacent to an activating group) is 1. The van der Waals surface area contributed by atoms with Gasteiger partial charge in [-0.2, -0.15) is 0 Å². The maximum Gasteiger partial charge on any atom is 0.132 e. The first-order valence-electron chi connectivity index (χ1n) is 7.31. The van der Waals surface area contributed by atoms with E-state index in [9.17, 15) is 4.39 Å². The molecule has 1 aliphatic rings. The molecule has 6 heteroatoms. The normalized spacial score (nSPS) is 15.9. The van der Waals surface area contributed by atoms with Gasteiger partial charge in [0.15, 0.2) is 0 Å². The Balaban J connectivity index is 0.00000144. The zero-order valence-corrected chi connectivity index (χ0v) is 15.2. The van der Waals surface area contributed by atoms with Crippen molar-refractivity contribution in [2.24, 2.45) is 4.99 Å². The molecular weight excluding hydrogens is 350 g/mol. The fourth-order valence-electron chi connectivity index (χ4n) is 2.89. The highest BCUT2D eigenvalue weighted by Gasteiger charge is 2.24. The first-order chi connectivity index (χ1) is 10.5. The van der Waals surface area contributed by atoms with Gasteiger partial charge in [0.1, 0.15) is 5.82 Å². The third-order valence-corrected chi connectivity index (χ3v) is 4.03. The lowest BCUT2D eigenvalue weighted by molar-refractivity contribution is 0.371. The lowest BCUT2D eigenvalue weighted by atomic mass is 9.90. The summed E-state index contributed by atoms with van der Waals surface area (Å²) in [5.41, 5.74) is 3.35. The van der Waals surface area contributed by atoms with Gasteiger partial charge in [0, 0.05) is 22.7 Å². The molecule has 0 saturated heterocycles. The molecule has 1 aliphatic heterocycles. The molecule has 0 aromatic heterocycles. The van der Waals surface area contributed by atoms with Crippen LogP contribution in [0.15, 0.2) is 47.5 Å². The smallest absolute Gasteiger partial charge is 0.132 e. The topological polar surface area (TPSA) is 47.1 Å². The number of hydrogen-bond donors (Lipinski definition) is 0. The van der Waals surface area contributed by atoms with Crippen LogP contribution in [-0.2, 0) is 6.42 Å². The van der Waals surface area contributed by atoms with E-state index in [1.54, 1.807) is 12.1 Å². The Bertz CT molecular complexity index is 735. The van der Waals surface area contributed by atoms with Gasteiger partial charge < -0.3 is 10.4 Å². The van der Waals surface area contributed by atoms with Crippen molar-refractivity contribution in [3.8, 4) is 0 Å². The van der Waals surface area contributed by atoms with E-state index in [1.807, 2.05) is 38.4 Å². The van der Waals surface area contributed by atoms with Crippen LogP contribution in [0.2, 0.25) is 5.02 Å². The van der Waals surface area contributed by atoms with Crippen LogP contribution in [-0.4, -0.2) is 42.8 Å². The van der Waals surface area contributed by atoms with Crippen LogP contribution in [0, 0.1) is 5.82 Å². The summed E-state index contributed by atoms with van der Waals surface area (Å²) in [6.07, 6.45) is 0.850. The van der Waals surface area contributed by atoms with Gasteiger partial charge >= 0.3 is 0 Å². The minimum Gasteiger partial charge on any atom is -0.412 e. The fourth-order valence-corrected chi connectivity index (χ4v) is 3.07. The van der Waals surface area contributed by atoms with Crippen molar-refractivity contribution in [1.82, 2.24) is 4.90 Å². The maximum absolute atomic E-state index is 14.2. The van der Waals surface area contributed by atoms with Crippen LogP contribution in [0.1, 0.15) is 16.7 Å². The van der Waals surface area contributed by atoms with E-state index < -0.39 is 0 Å². The van der Waals surface area contributed by atoms with E-state index in [1.165, 1.54) is 11.6 Å². The van der Waals surface area contributed by atoms with Crippen LogP contribution in [0.5, 0.6) is 0 Å². The summed E-state index contributed by atoms with van der Waals surface area (Å²) in [6, 6.07) is 12.7. The molecule has 0 amide bonds. The third-order valence-electron chi connectivity index (χ3n) is 3.80. The molecule has 2 N–H and O–H groups in total. The first kappa shape index (κ1) is 20.6. The summed E-state index contributed by atoms with van der Waals surface area (Å²) in [6.45, 7) is 0.833. The van der Waals surface area contributed by atoms with Gasteiger partial charge in [0.2, 0.25) is 0 Å². The molecule has 1 heterocycles. The van der Waals surface area contributed by atoms with Crippen LogP contribution in [0.4, 0.5) is 4.39 Å². The summed E-state index contributed by atoms with van der Waals surface area (Å²) in [5.74, 6) is -0.252. The van der Waals surface area contributed by atoms with Crippen LogP contribution >= 0.6 is 24.0 Å². The monoisotopic (exact) mass is 370 g/mol. The van der Waals surface area contributed by atoms with Gasteiger partial charge in [-0.3, -0.25) is 4.99 Å². The SMILES string of the molecule is CN(C)CC1Cc2ccc(Cl)cc2C(c2ccccc2F)=N1.Cl.O. The van der Waals surface area contributed by atoms with Crippen LogP contribution in [0.3, 0.4) is 0 Å². The molecule has 24 heavy (non-hydrogen) atoms. The number of rotatable bonds is 3. The zero-order valence-electron chi connectivity index (χ0n) is 13.6. The number of benzene rings is 2. The number of aliphatic imine (C=N–C) groups is 1. The molecule has 3 nitrogen and oxygen atoms in total. The third kappa shape index (κ3) is 4.33. The van der Waals surface area contributed by atoms with Gasteiger partial charge in [0.25, 0.3) is 0 Å². The highest BCUT2D eigenvalue weighted by atomic mass is 35.5. The Morgan fingerprint density at radius 1 is 1.17 bits per heavy atom. The van der Waals surface area contributed by atoms with Gasteiger partial charge in [-0.15, -0.1) is 12.4 Å². The van der Waals surface area contributed by atoms with E-state index in [0.29, 0.717) is 16.3 Å². The summed E-state index contributed by atoms with van der Waals surface area (Å²) in [5, 5.41) is 0.647. The molecule has 0 spiro atoms. The number of halogens is 3. The summed E-state index contributed by atoms with van der Waals surface area (Å²) < 4.78 is 14.2. The molecule has 3 rings (SSSR count). The van der Waals surface area contributed by atoms with E-state index in [0.717, 1.165) is 18.5 Å². The molecule has 1 unspecified atom stereocenters. The molecule has 0 fully saturated rings. The second kappa shape index (κ2) is 8.58. The summed E-state index contributed by atoms with van der Waals surface area (Å²) >= 11 is 6.13. The Morgan fingerprint density at radius 3 is 2.54 bits per heavy atom. The van der Waals surface area contributed by atoms with Crippen molar-refractivity contribution in [1.29, 1.82) is 0 Å². The highest BCUT2D eigenvalue weighted by molar-refractivity contribution is 6.31. The summed E-state index contributed by atoms with van der Waals surface area (Å²) in [4.78, 5) is 6.92. The Kier molecular flexibility index (Phi) is 7.36. The van der Waals surface area contributed by atoms with Crippen molar-refractivity contribution in [2.45, 2.75) is 12.5 Å². The molecule has 130 valence electrons. The zero-order chi connectivity index (χ0) is 15.7. The number of fused-ring (bicyclic) bond motifs is 1. The maximum atomic E-state index is 14.2. The lowest BCUT2D eigenvalue weighted by Crippen LogP contribution is -2.31.